The van der Waals surface area contributed by atoms with E-state index < -0.39 is 0 Å². The Balaban J connectivity index is 0.00000176. The molecule has 3 heteroatoms. The summed E-state index contributed by atoms with van der Waals surface area (Å²) in [6.45, 7) is 4.59. The van der Waals surface area contributed by atoms with Crippen molar-refractivity contribution in [2.75, 3.05) is 6.54 Å². The highest BCUT2D eigenvalue weighted by Crippen LogP contribution is 2.39. The summed E-state index contributed by atoms with van der Waals surface area (Å²) in [5.41, 5.74) is 10.8. The average Bonchev–Trinajstić information content (AvgIpc) is 2.46. The summed E-state index contributed by atoms with van der Waals surface area (Å²) in [5.74, 6) is 0.587. The molecular weight excluding hydrogens is 277 g/mol. The van der Waals surface area contributed by atoms with Gasteiger partial charge in [-0.15, -0.1) is 0 Å². The molecule has 0 saturated carbocycles. The molecule has 2 aromatic rings. The van der Waals surface area contributed by atoms with Crippen molar-refractivity contribution in [2.24, 2.45) is 5.73 Å². The molecule has 0 aliphatic carbocycles. The molecule has 2 aromatic carbocycles. The third-order valence-corrected chi connectivity index (χ3v) is 4.09. The maximum atomic E-state index is 14.0. The van der Waals surface area contributed by atoms with Gasteiger partial charge in [-0.3, -0.25) is 0 Å². The van der Waals surface area contributed by atoms with Gasteiger partial charge in [-0.2, -0.15) is 0 Å². The van der Waals surface area contributed by atoms with Crippen LogP contribution in [0.1, 0.15) is 30.5 Å². The van der Waals surface area contributed by atoms with Crippen molar-refractivity contribution < 1.29 is 9.13 Å². The zero-order valence-corrected chi connectivity index (χ0v) is 12.4. The minimum Gasteiger partial charge on any atom is -0.488 e. The number of hydrogen-bond acceptors (Lipinski definition) is 2. The molecule has 0 spiro atoms. The number of aryl methyl sites for hydroxylation is 3. The van der Waals surface area contributed by atoms with Crippen LogP contribution in [-0.2, 0) is 6.42 Å². The molecule has 22 heavy (non-hydrogen) atoms. The maximum absolute atomic E-state index is 14.0. The molecule has 0 saturated heterocycles. The fourth-order valence-corrected chi connectivity index (χ4v) is 3.00. The Morgan fingerprint density at radius 1 is 1.18 bits per heavy atom. The molecule has 0 unspecified atom stereocenters. The molecule has 0 bridgehead atoms. The molecule has 1 aliphatic rings. The number of ether oxygens (including phenoxy) is 1. The van der Waals surface area contributed by atoms with Crippen LogP contribution in [0.2, 0.25) is 0 Å². The standard InChI is InChI=1S/C18H20FNO.CH4/c1-11-3-6-16(12(2)7-11)17-9-14(19)8-13-4-5-15(10-20)21-18(13)17;/h3,6-9,15H,4-5,10,20H2,1-2H3;1H4/t15-;/m1./s1. The second kappa shape index (κ2) is 6.49. The molecule has 0 fully saturated rings. The predicted octanol–water partition coefficient (Wildman–Crippen LogP) is 4.40. The van der Waals surface area contributed by atoms with Crippen LogP contribution in [0.15, 0.2) is 30.3 Å². The average molecular weight is 301 g/mol. The van der Waals surface area contributed by atoms with E-state index in [0.29, 0.717) is 6.54 Å². The summed E-state index contributed by atoms with van der Waals surface area (Å²) in [7, 11) is 0. The van der Waals surface area contributed by atoms with Crippen LogP contribution in [0.5, 0.6) is 5.75 Å². The molecule has 0 aromatic heterocycles. The molecule has 2 N–H and O–H groups in total. The Kier molecular flexibility index (Phi) is 4.87. The molecule has 3 rings (SSSR count). The fourth-order valence-electron chi connectivity index (χ4n) is 3.00. The minimum absolute atomic E-state index is 0. The second-order valence-corrected chi connectivity index (χ2v) is 5.77. The molecule has 0 amide bonds. The number of halogens is 1. The van der Waals surface area contributed by atoms with E-state index in [2.05, 4.69) is 13.0 Å². The van der Waals surface area contributed by atoms with Gasteiger partial charge in [-0.1, -0.05) is 31.2 Å². The Morgan fingerprint density at radius 2 is 1.95 bits per heavy atom. The molecule has 0 radical (unpaired) electrons. The van der Waals surface area contributed by atoms with E-state index in [9.17, 15) is 4.39 Å². The van der Waals surface area contributed by atoms with E-state index in [1.165, 1.54) is 5.56 Å². The SMILES string of the molecule is C.Cc1ccc(-c2cc(F)cc3c2O[C@@H](CN)CC3)c(C)c1. The summed E-state index contributed by atoms with van der Waals surface area (Å²) in [4.78, 5) is 0. The smallest absolute Gasteiger partial charge is 0.131 e. The van der Waals surface area contributed by atoms with Crippen LogP contribution in [0.3, 0.4) is 0 Å². The summed E-state index contributed by atoms with van der Waals surface area (Å²) >= 11 is 0. The maximum Gasteiger partial charge on any atom is 0.131 e. The Morgan fingerprint density at radius 3 is 2.64 bits per heavy atom. The first-order valence-corrected chi connectivity index (χ1v) is 7.35. The van der Waals surface area contributed by atoms with Crippen LogP contribution in [0.25, 0.3) is 11.1 Å². The van der Waals surface area contributed by atoms with E-state index in [1.807, 2.05) is 19.1 Å². The van der Waals surface area contributed by atoms with Crippen molar-refractivity contribution in [3.05, 3.63) is 52.8 Å². The second-order valence-electron chi connectivity index (χ2n) is 5.77. The largest absolute Gasteiger partial charge is 0.488 e. The highest BCUT2D eigenvalue weighted by atomic mass is 19.1. The molecule has 1 atom stereocenters. The van der Waals surface area contributed by atoms with E-state index in [-0.39, 0.29) is 19.3 Å². The Bertz CT molecular complexity index is 681. The lowest BCUT2D eigenvalue weighted by atomic mass is 9.92. The van der Waals surface area contributed by atoms with Crippen LogP contribution < -0.4 is 10.5 Å². The highest BCUT2D eigenvalue weighted by molar-refractivity contribution is 5.75. The van der Waals surface area contributed by atoms with Crippen LogP contribution >= 0.6 is 0 Å². The van der Waals surface area contributed by atoms with Gasteiger partial charge in [-0.05, 0) is 55.5 Å². The molecule has 1 aliphatic heterocycles. The molecule has 2 nitrogen and oxygen atoms in total. The first-order chi connectivity index (χ1) is 10.1. The van der Waals surface area contributed by atoms with Gasteiger partial charge in [0, 0.05) is 12.1 Å². The minimum atomic E-state index is -0.210. The van der Waals surface area contributed by atoms with Gasteiger partial charge in [0.25, 0.3) is 0 Å². The van der Waals surface area contributed by atoms with Crippen molar-refractivity contribution in [3.63, 3.8) is 0 Å². The third kappa shape index (κ3) is 3.00. The topological polar surface area (TPSA) is 35.2 Å². The van der Waals surface area contributed by atoms with Gasteiger partial charge in [0.05, 0.1) is 0 Å². The van der Waals surface area contributed by atoms with Gasteiger partial charge in [0.2, 0.25) is 0 Å². The lowest BCUT2D eigenvalue weighted by Crippen LogP contribution is -2.30. The van der Waals surface area contributed by atoms with Gasteiger partial charge < -0.3 is 10.5 Å². The van der Waals surface area contributed by atoms with E-state index >= 15 is 0 Å². The van der Waals surface area contributed by atoms with Crippen LogP contribution in [0, 0.1) is 19.7 Å². The van der Waals surface area contributed by atoms with Gasteiger partial charge in [0.15, 0.2) is 0 Å². The zero-order chi connectivity index (χ0) is 15.0. The zero-order valence-electron chi connectivity index (χ0n) is 12.4. The third-order valence-electron chi connectivity index (χ3n) is 4.09. The van der Waals surface area contributed by atoms with Gasteiger partial charge in [0.1, 0.15) is 17.7 Å². The number of hydrogen-bond donors (Lipinski definition) is 1. The number of nitrogens with two attached hydrogens (primary N) is 1. The normalized spacial score (nSPS) is 16.5. The first kappa shape index (κ1) is 16.5. The number of benzene rings is 2. The van der Waals surface area contributed by atoms with E-state index in [4.69, 9.17) is 10.5 Å². The van der Waals surface area contributed by atoms with Gasteiger partial charge >= 0.3 is 0 Å². The molecular formula is C19H24FNO. The van der Waals surface area contributed by atoms with Crippen LogP contribution in [0.4, 0.5) is 4.39 Å². The summed E-state index contributed by atoms with van der Waals surface area (Å²) in [6.07, 6.45) is 1.68. The highest BCUT2D eigenvalue weighted by Gasteiger charge is 2.23. The van der Waals surface area contributed by atoms with Crippen molar-refractivity contribution in [1.29, 1.82) is 0 Å². The summed E-state index contributed by atoms with van der Waals surface area (Å²) < 4.78 is 20.0. The molecule has 1 heterocycles. The fraction of sp³-hybridized carbons (Fsp3) is 0.368. The molecule has 118 valence electrons. The van der Waals surface area contributed by atoms with Crippen molar-refractivity contribution in [2.45, 2.75) is 40.2 Å². The van der Waals surface area contributed by atoms with Crippen LogP contribution in [-0.4, -0.2) is 12.6 Å². The Labute approximate surface area is 132 Å². The van der Waals surface area contributed by atoms with E-state index in [0.717, 1.165) is 40.8 Å². The Hall–Kier alpha value is -1.87. The lowest BCUT2D eigenvalue weighted by molar-refractivity contribution is 0.182. The van der Waals surface area contributed by atoms with E-state index in [1.54, 1.807) is 12.1 Å². The van der Waals surface area contributed by atoms with Crippen molar-refractivity contribution >= 4 is 0 Å². The lowest BCUT2D eigenvalue weighted by Gasteiger charge is -2.27. The first-order valence-electron chi connectivity index (χ1n) is 7.35. The van der Waals surface area contributed by atoms with Gasteiger partial charge in [-0.25, -0.2) is 4.39 Å². The van der Waals surface area contributed by atoms with Crippen molar-refractivity contribution in [1.82, 2.24) is 0 Å². The number of rotatable bonds is 2. The monoisotopic (exact) mass is 301 g/mol. The number of fused-ring (bicyclic) bond motifs is 1. The predicted molar refractivity (Wildman–Crippen MR) is 89.8 cm³/mol. The van der Waals surface area contributed by atoms with Crippen molar-refractivity contribution in [3.8, 4) is 16.9 Å². The summed E-state index contributed by atoms with van der Waals surface area (Å²) in [5, 5.41) is 0. The quantitative estimate of drug-likeness (QED) is 0.892. The summed E-state index contributed by atoms with van der Waals surface area (Å²) in [6, 6.07) is 9.33.